The Morgan fingerprint density at radius 1 is 1.32 bits per heavy atom. The van der Waals surface area contributed by atoms with E-state index in [9.17, 15) is 10.1 Å². The Balaban J connectivity index is 1.74. The Labute approximate surface area is 130 Å². The van der Waals surface area contributed by atoms with Gasteiger partial charge in [-0.25, -0.2) is 0 Å². The number of rotatable bonds is 4. The Kier molecular flexibility index (Phi) is 4.47. The largest absolute Gasteiger partial charge is 0.490 e. The van der Waals surface area contributed by atoms with Crippen molar-refractivity contribution in [2.24, 2.45) is 5.92 Å². The fourth-order valence-corrected chi connectivity index (χ4v) is 3.60. The number of nitro groups is 1. The lowest BCUT2D eigenvalue weighted by Crippen LogP contribution is -2.38. The summed E-state index contributed by atoms with van der Waals surface area (Å²) in [7, 11) is 1.47. The number of methoxy groups -OCH3 is 1. The van der Waals surface area contributed by atoms with Crippen molar-refractivity contribution in [3.8, 4) is 5.75 Å². The summed E-state index contributed by atoms with van der Waals surface area (Å²) in [6, 6.07) is 5.27. The first-order chi connectivity index (χ1) is 10.7. The molecule has 0 bridgehead atoms. The molecule has 3 rings (SSSR count). The van der Waals surface area contributed by atoms with Crippen LogP contribution in [-0.2, 0) is 4.74 Å². The summed E-state index contributed by atoms with van der Waals surface area (Å²) < 4.78 is 10.9. The van der Waals surface area contributed by atoms with Gasteiger partial charge in [-0.15, -0.1) is 0 Å². The highest BCUT2D eigenvalue weighted by atomic mass is 16.6. The van der Waals surface area contributed by atoms with Gasteiger partial charge in [0.1, 0.15) is 5.69 Å². The van der Waals surface area contributed by atoms with Gasteiger partial charge >= 0.3 is 5.69 Å². The number of nitrogens with zero attached hydrogens (tertiary/aromatic N) is 2. The van der Waals surface area contributed by atoms with Crippen LogP contribution in [-0.4, -0.2) is 37.8 Å². The minimum Gasteiger partial charge on any atom is -0.490 e. The van der Waals surface area contributed by atoms with Crippen molar-refractivity contribution in [2.75, 3.05) is 31.7 Å². The standard InChI is InChI=1S/C16H22N2O4/c1-21-15-5-2-4-13(16(15)18(19)20)17-9-7-12(8-10-17)14-6-3-11-22-14/h2,4-5,12,14H,3,6-11H2,1H3. The smallest absolute Gasteiger partial charge is 0.333 e. The average Bonchev–Trinajstić information content (AvgIpc) is 3.08. The van der Waals surface area contributed by atoms with E-state index >= 15 is 0 Å². The van der Waals surface area contributed by atoms with Gasteiger partial charge in [0.2, 0.25) is 0 Å². The third-order valence-corrected chi connectivity index (χ3v) is 4.75. The number of benzene rings is 1. The molecule has 120 valence electrons. The van der Waals surface area contributed by atoms with Crippen molar-refractivity contribution in [1.29, 1.82) is 0 Å². The molecule has 0 aromatic heterocycles. The zero-order valence-electron chi connectivity index (χ0n) is 12.9. The van der Waals surface area contributed by atoms with Crippen molar-refractivity contribution in [3.63, 3.8) is 0 Å². The van der Waals surface area contributed by atoms with Crippen LogP contribution < -0.4 is 9.64 Å². The lowest BCUT2D eigenvalue weighted by atomic mass is 9.89. The molecule has 2 saturated heterocycles. The van der Waals surface area contributed by atoms with Gasteiger partial charge in [0.25, 0.3) is 0 Å². The minimum absolute atomic E-state index is 0.0700. The second-order valence-corrected chi connectivity index (χ2v) is 5.96. The normalized spacial score (nSPS) is 22.8. The Morgan fingerprint density at radius 2 is 2.09 bits per heavy atom. The van der Waals surface area contributed by atoms with Gasteiger partial charge in [0, 0.05) is 19.7 Å². The van der Waals surface area contributed by atoms with E-state index in [1.807, 2.05) is 12.1 Å². The predicted molar refractivity (Wildman–Crippen MR) is 83.6 cm³/mol. The lowest BCUT2D eigenvalue weighted by molar-refractivity contribution is -0.385. The van der Waals surface area contributed by atoms with Crippen LogP contribution in [0, 0.1) is 16.0 Å². The highest BCUT2D eigenvalue weighted by Gasteiger charge is 2.32. The molecular weight excluding hydrogens is 284 g/mol. The first kappa shape index (κ1) is 15.1. The van der Waals surface area contributed by atoms with E-state index in [2.05, 4.69) is 4.90 Å². The quantitative estimate of drug-likeness (QED) is 0.632. The summed E-state index contributed by atoms with van der Waals surface area (Å²) in [5.41, 5.74) is 0.732. The maximum absolute atomic E-state index is 11.4. The minimum atomic E-state index is -0.347. The number of hydrogen-bond donors (Lipinski definition) is 0. The molecule has 6 heteroatoms. The zero-order chi connectivity index (χ0) is 15.5. The van der Waals surface area contributed by atoms with Crippen molar-refractivity contribution >= 4 is 11.4 Å². The summed E-state index contributed by atoms with van der Waals surface area (Å²) in [5.74, 6) is 0.909. The molecule has 0 saturated carbocycles. The number of anilines is 1. The summed E-state index contributed by atoms with van der Waals surface area (Å²) in [6.07, 6.45) is 4.76. The molecule has 0 spiro atoms. The van der Waals surface area contributed by atoms with Gasteiger partial charge < -0.3 is 14.4 Å². The molecule has 1 atom stereocenters. The number of hydrogen-bond acceptors (Lipinski definition) is 5. The van der Waals surface area contributed by atoms with Crippen molar-refractivity contribution in [1.82, 2.24) is 0 Å². The van der Waals surface area contributed by atoms with E-state index < -0.39 is 0 Å². The SMILES string of the molecule is COc1cccc(N2CCC(C3CCCO3)CC2)c1[N+](=O)[O-]. The van der Waals surface area contributed by atoms with Gasteiger partial charge in [0.15, 0.2) is 5.75 Å². The lowest BCUT2D eigenvalue weighted by Gasteiger charge is -2.35. The van der Waals surface area contributed by atoms with Crippen LogP contribution in [0.3, 0.4) is 0 Å². The van der Waals surface area contributed by atoms with Crippen LogP contribution in [0.15, 0.2) is 18.2 Å². The molecule has 1 aromatic carbocycles. The van der Waals surface area contributed by atoms with Crippen molar-refractivity contribution in [3.05, 3.63) is 28.3 Å². The molecule has 2 aliphatic heterocycles. The topological polar surface area (TPSA) is 64.8 Å². The monoisotopic (exact) mass is 306 g/mol. The highest BCUT2D eigenvalue weighted by Crippen LogP contribution is 2.39. The molecule has 2 heterocycles. The number of ether oxygens (including phenoxy) is 2. The van der Waals surface area contributed by atoms with E-state index in [0.29, 0.717) is 23.5 Å². The number of piperidine rings is 1. The Morgan fingerprint density at radius 3 is 2.68 bits per heavy atom. The van der Waals surface area contributed by atoms with E-state index in [0.717, 1.165) is 45.4 Å². The first-order valence-corrected chi connectivity index (χ1v) is 7.88. The molecule has 1 unspecified atom stereocenters. The van der Waals surface area contributed by atoms with Gasteiger partial charge in [-0.1, -0.05) is 6.07 Å². The summed E-state index contributed by atoms with van der Waals surface area (Å²) in [4.78, 5) is 13.2. The molecule has 2 aliphatic rings. The second kappa shape index (κ2) is 6.52. The van der Waals surface area contributed by atoms with Crippen molar-refractivity contribution < 1.29 is 14.4 Å². The maximum Gasteiger partial charge on any atom is 0.333 e. The molecule has 0 amide bonds. The molecule has 1 aromatic rings. The molecular formula is C16H22N2O4. The fraction of sp³-hybridized carbons (Fsp3) is 0.625. The summed E-state index contributed by atoms with van der Waals surface area (Å²) in [6.45, 7) is 2.54. The van der Waals surface area contributed by atoms with Crippen LogP contribution in [0.2, 0.25) is 0 Å². The third-order valence-electron chi connectivity index (χ3n) is 4.75. The van der Waals surface area contributed by atoms with Gasteiger partial charge in [-0.05, 0) is 43.7 Å². The maximum atomic E-state index is 11.4. The van der Waals surface area contributed by atoms with E-state index in [-0.39, 0.29) is 10.6 Å². The fourth-order valence-electron chi connectivity index (χ4n) is 3.60. The summed E-state index contributed by atoms with van der Waals surface area (Å²) in [5, 5.41) is 11.4. The zero-order valence-corrected chi connectivity index (χ0v) is 12.9. The number of para-hydroxylation sites is 1. The van der Waals surface area contributed by atoms with Crippen LogP contribution >= 0.6 is 0 Å². The van der Waals surface area contributed by atoms with E-state index in [1.54, 1.807) is 6.07 Å². The van der Waals surface area contributed by atoms with Gasteiger partial charge in [-0.2, -0.15) is 0 Å². The molecule has 2 fully saturated rings. The third kappa shape index (κ3) is 2.88. The van der Waals surface area contributed by atoms with Gasteiger partial charge in [-0.3, -0.25) is 10.1 Å². The summed E-state index contributed by atoms with van der Waals surface area (Å²) >= 11 is 0. The molecule has 22 heavy (non-hydrogen) atoms. The molecule has 6 nitrogen and oxygen atoms in total. The predicted octanol–water partition coefficient (Wildman–Crippen LogP) is 3.00. The first-order valence-electron chi connectivity index (χ1n) is 7.88. The van der Waals surface area contributed by atoms with Crippen molar-refractivity contribution in [2.45, 2.75) is 31.8 Å². The van der Waals surface area contributed by atoms with Crippen LogP contribution in [0.5, 0.6) is 5.75 Å². The second-order valence-electron chi connectivity index (χ2n) is 5.96. The molecule has 0 N–H and O–H groups in total. The highest BCUT2D eigenvalue weighted by molar-refractivity contribution is 5.69. The number of nitro benzene ring substituents is 1. The average molecular weight is 306 g/mol. The molecule has 0 radical (unpaired) electrons. The Hall–Kier alpha value is -1.82. The molecule has 0 aliphatic carbocycles. The van der Waals surface area contributed by atoms with Crippen LogP contribution in [0.4, 0.5) is 11.4 Å². The van der Waals surface area contributed by atoms with Crippen LogP contribution in [0.25, 0.3) is 0 Å². The van der Waals surface area contributed by atoms with E-state index in [1.165, 1.54) is 7.11 Å². The Bertz CT molecular complexity index is 535. The van der Waals surface area contributed by atoms with E-state index in [4.69, 9.17) is 9.47 Å². The van der Waals surface area contributed by atoms with Gasteiger partial charge in [0.05, 0.1) is 18.1 Å². The van der Waals surface area contributed by atoms with Crippen LogP contribution in [0.1, 0.15) is 25.7 Å².